The predicted octanol–water partition coefficient (Wildman–Crippen LogP) is 12.9. The first-order chi connectivity index (χ1) is 27.1. The molecule has 0 fully saturated rings. The van der Waals surface area contributed by atoms with Crippen LogP contribution in [0.25, 0.3) is 0 Å². The number of likely N-dealkylation sites (N-methyl/N-ethyl adjacent to an activating group) is 1. The molecule has 0 aliphatic carbocycles. The van der Waals surface area contributed by atoms with E-state index in [1.807, 2.05) is 33.3 Å². The number of quaternary nitrogens is 1. The predicted molar refractivity (Wildman–Crippen MR) is 238 cm³/mol. The maximum atomic E-state index is 12.7. The molecule has 322 valence electrons. The monoisotopic (exact) mass is 805 g/mol. The molecule has 0 radical (unpaired) electrons. The van der Waals surface area contributed by atoms with Crippen molar-refractivity contribution in [3.05, 3.63) is 85.1 Å². The number of esters is 1. The molecule has 2 atom stereocenters. The summed E-state index contributed by atoms with van der Waals surface area (Å²) in [5.74, 6) is -0.401. The van der Waals surface area contributed by atoms with Crippen molar-refractivity contribution in [2.24, 2.45) is 0 Å². The lowest BCUT2D eigenvalue weighted by molar-refractivity contribution is -0.870. The van der Waals surface area contributed by atoms with Crippen LogP contribution in [0.4, 0.5) is 0 Å². The first kappa shape index (κ1) is 53.7. The summed E-state index contributed by atoms with van der Waals surface area (Å²) < 4.78 is 34.9. The third-order valence-corrected chi connectivity index (χ3v) is 9.69. The average Bonchev–Trinajstić information content (AvgIpc) is 3.15. The van der Waals surface area contributed by atoms with Crippen LogP contribution < -0.4 is 0 Å². The van der Waals surface area contributed by atoms with Crippen molar-refractivity contribution in [2.75, 3.05) is 54.1 Å². The van der Waals surface area contributed by atoms with E-state index in [0.29, 0.717) is 24.1 Å². The van der Waals surface area contributed by atoms with Gasteiger partial charge in [0.05, 0.1) is 34.4 Å². The normalized spacial score (nSPS) is 14.6. The number of carbonyl (C=O) groups excluding carboxylic acids is 1. The Morgan fingerprint density at radius 1 is 0.571 bits per heavy atom. The highest BCUT2D eigenvalue weighted by molar-refractivity contribution is 7.47. The number of unbranched alkanes of at least 4 members (excludes halogenated alkanes) is 11. The summed E-state index contributed by atoms with van der Waals surface area (Å²) in [4.78, 5) is 22.8. The molecule has 0 saturated carbocycles. The van der Waals surface area contributed by atoms with Gasteiger partial charge in [-0.3, -0.25) is 13.8 Å². The number of hydrogen-bond acceptors (Lipinski definition) is 6. The molecule has 0 bridgehead atoms. The van der Waals surface area contributed by atoms with Crippen molar-refractivity contribution in [1.29, 1.82) is 0 Å². The number of ether oxygens (including phenoxy) is 2. The SMILES string of the molecule is CC/C=C\C/C=C\C/C=C\C/C=C\C/C=C\C/C=C\CCC(=O)OC(COCCCCCCCC/C=C\CCCCCCC)COP(=O)(O)OCC[N+](C)(C)C. The summed E-state index contributed by atoms with van der Waals surface area (Å²) in [6.07, 6.45) is 52.0. The number of hydrogen-bond donors (Lipinski definition) is 1. The third kappa shape index (κ3) is 42.8. The van der Waals surface area contributed by atoms with Gasteiger partial charge in [0, 0.05) is 13.0 Å². The molecular formula is C47H83NO7P+. The summed E-state index contributed by atoms with van der Waals surface area (Å²) in [5, 5.41) is 0. The lowest BCUT2D eigenvalue weighted by atomic mass is 10.1. The molecule has 2 unspecified atom stereocenters. The quantitative estimate of drug-likeness (QED) is 0.0217. The van der Waals surface area contributed by atoms with Gasteiger partial charge in [0.15, 0.2) is 0 Å². The number of phosphoric ester groups is 1. The fourth-order valence-electron chi connectivity index (χ4n) is 5.34. The third-order valence-electron chi connectivity index (χ3n) is 8.70. The Bertz CT molecular complexity index is 1170. The van der Waals surface area contributed by atoms with E-state index < -0.39 is 19.9 Å². The number of rotatable bonds is 39. The zero-order valence-corrected chi connectivity index (χ0v) is 37.2. The molecule has 0 saturated heterocycles. The molecule has 0 aliphatic rings. The van der Waals surface area contributed by atoms with Gasteiger partial charge in [-0.05, 0) is 77.0 Å². The second-order valence-electron chi connectivity index (χ2n) is 15.3. The van der Waals surface area contributed by atoms with Gasteiger partial charge in [-0.1, -0.05) is 150 Å². The molecule has 0 spiro atoms. The van der Waals surface area contributed by atoms with Crippen LogP contribution in [0.3, 0.4) is 0 Å². The summed E-state index contributed by atoms with van der Waals surface area (Å²) in [6, 6.07) is 0. The molecule has 0 heterocycles. The van der Waals surface area contributed by atoms with Gasteiger partial charge >= 0.3 is 13.8 Å². The first-order valence-electron chi connectivity index (χ1n) is 21.8. The number of allylic oxidation sites excluding steroid dienone is 14. The van der Waals surface area contributed by atoms with Gasteiger partial charge in [0.1, 0.15) is 19.3 Å². The van der Waals surface area contributed by atoms with Crippen LogP contribution in [0.15, 0.2) is 85.1 Å². The molecule has 0 amide bonds. The van der Waals surface area contributed by atoms with Crippen LogP contribution >= 0.6 is 7.82 Å². The van der Waals surface area contributed by atoms with Gasteiger partial charge in [0.25, 0.3) is 0 Å². The van der Waals surface area contributed by atoms with E-state index in [2.05, 4.69) is 86.8 Å². The fraction of sp³-hybridized carbons (Fsp3) is 0.681. The van der Waals surface area contributed by atoms with Crippen molar-refractivity contribution in [2.45, 2.75) is 155 Å². The standard InChI is InChI=1S/C47H82NO7P/c1-6-8-10-12-14-16-18-20-22-23-24-25-26-28-30-32-34-36-38-40-47(49)55-46(45-54-56(50,51)53-43-41-48(3,4)5)44-52-42-39-37-35-33-31-29-27-21-19-17-15-13-11-9-7-2/h8,10,14,16,19-22,24-25,28,30,34,36,46H,6-7,9,11-13,15,17-18,23,26-27,29,31-33,35,37-45H2,1-5H3/p+1/b10-8-,16-14-,21-19-,22-20-,25-24-,30-28-,36-34-. The maximum Gasteiger partial charge on any atom is 0.472 e. The van der Waals surface area contributed by atoms with E-state index in [0.717, 1.165) is 51.4 Å². The molecule has 0 aromatic rings. The Morgan fingerprint density at radius 2 is 1.04 bits per heavy atom. The molecular weight excluding hydrogens is 721 g/mol. The fourth-order valence-corrected chi connectivity index (χ4v) is 6.08. The van der Waals surface area contributed by atoms with Gasteiger partial charge < -0.3 is 18.9 Å². The van der Waals surface area contributed by atoms with Crippen LogP contribution in [0.5, 0.6) is 0 Å². The summed E-state index contributed by atoms with van der Waals surface area (Å²) in [5.41, 5.74) is 0. The second kappa shape index (κ2) is 39.5. The summed E-state index contributed by atoms with van der Waals surface area (Å²) >= 11 is 0. The van der Waals surface area contributed by atoms with Crippen molar-refractivity contribution in [1.82, 2.24) is 0 Å². The topological polar surface area (TPSA) is 91.3 Å². The Hall–Kier alpha value is -2.32. The molecule has 0 rings (SSSR count). The highest BCUT2D eigenvalue weighted by atomic mass is 31.2. The first-order valence-corrected chi connectivity index (χ1v) is 23.3. The molecule has 1 N–H and O–H groups in total. The van der Waals surface area contributed by atoms with Gasteiger partial charge in [-0.25, -0.2) is 4.57 Å². The Labute approximate surface area is 344 Å². The van der Waals surface area contributed by atoms with E-state index >= 15 is 0 Å². The van der Waals surface area contributed by atoms with E-state index in [4.69, 9.17) is 18.5 Å². The minimum Gasteiger partial charge on any atom is -0.457 e. The highest BCUT2D eigenvalue weighted by Gasteiger charge is 2.26. The highest BCUT2D eigenvalue weighted by Crippen LogP contribution is 2.43. The lowest BCUT2D eigenvalue weighted by Crippen LogP contribution is -2.37. The van der Waals surface area contributed by atoms with Crippen LogP contribution in [-0.4, -0.2) is 75.6 Å². The molecule has 0 aromatic carbocycles. The Kier molecular flexibility index (Phi) is 37.9. The lowest BCUT2D eigenvalue weighted by Gasteiger charge is -2.24. The van der Waals surface area contributed by atoms with Gasteiger partial charge in [-0.2, -0.15) is 0 Å². The van der Waals surface area contributed by atoms with Crippen LogP contribution in [0, 0.1) is 0 Å². The zero-order chi connectivity index (χ0) is 41.3. The van der Waals surface area contributed by atoms with Crippen LogP contribution in [-0.2, 0) is 27.9 Å². The van der Waals surface area contributed by atoms with Gasteiger partial charge in [0.2, 0.25) is 0 Å². The smallest absolute Gasteiger partial charge is 0.457 e. The summed E-state index contributed by atoms with van der Waals surface area (Å²) in [6.45, 7) is 5.36. The second-order valence-corrected chi connectivity index (χ2v) is 16.8. The van der Waals surface area contributed by atoms with Crippen LogP contribution in [0.1, 0.15) is 149 Å². The zero-order valence-electron chi connectivity index (χ0n) is 36.3. The molecule has 0 aromatic heterocycles. The van der Waals surface area contributed by atoms with E-state index in [1.54, 1.807) is 0 Å². The molecule has 8 nitrogen and oxygen atoms in total. The number of nitrogens with zero attached hydrogens (tertiary/aromatic N) is 1. The van der Waals surface area contributed by atoms with Gasteiger partial charge in [-0.15, -0.1) is 0 Å². The van der Waals surface area contributed by atoms with Crippen LogP contribution in [0.2, 0.25) is 0 Å². The number of carbonyl (C=O) groups is 1. The summed E-state index contributed by atoms with van der Waals surface area (Å²) in [7, 11) is 1.60. The van der Waals surface area contributed by atoms with Crippen molar-refractivity contribution in [3.63, 3.8) is 0 Å². The number of phosphoric acid groups is 1. The Balaban J connectivity index is 4.41. The van der Waals surface area contributed by atoms with Crippen molar-refractivity contribution >= 4 is 13.8 Å². The molecule has 56 heavy (non-hydrogen) atoms. The molecule has 9 heteroatoms. The minimum absolute atomic E-state index is 0.0695. The van der Waals surface area contributed by atoms with Crippen molar-refractivity contribution in [3.8, 4) is 0 Å². The average molecular weight is 805 g/mol. The van der Waals surface area contributed by atoms with E-state index in [9.17, 15) is 14.3 Å². The van der Waals surface area contributed by atoms with Crippen molar-refractivity contribution < 1.29 is 37.3 Å². The minimum atomic E-state index is -4.30. The largest absolute Gasteiger partial charge is 0.472 e. The maximum absolute atomic E-state index is 12.7. The Morgan fingerprint density at radius 3 is 1.55 bits per heavy atom. The van der Waals surface area contributed by atoms with E-state index in [-0.39, 0.29) is 26.2 Å². The molecule has 0 aliphatic heterocycles. The van der Waals surface area contributed by atoms with E-state index in [1.165, 1.54) is 70.6 Å².